The van der Waals surface area contributed by atoms with Gasteiger partial charge in [0.1, 0.15) is 0 Å². The van der Waals surface area contributed by atoms with Gasteiger partial charge in [-0.05, 0) is 6.42 Å². The summed E-state index contributed by atoms with van der Waals surface area (Å²) in [5, 5.41) is 8.56. The zero-order valence-corrected chi connectivity index (χ0v) is 6.26. The molecule has 0 amide bonds. The Kier molecular flexibility index (Phi) is 1.68. The first-order valence-corrected chi connectivity index (χ1v) is 3.32. The Morgan fingerprint density at radius 3 is 2.80 bits per heavy atom. The van der Waals surface area contributed by atoms with Gasteiger partial charge in [-0.15, -0.1) is 0 Å². The van der Waals surface area contributed by atoms with Gasteiger partial charge in [0.25, 0.3) is 0 Å². The van der Waals surface area contributed by atoms with Gasteiger partial charge in [-0.3, -0.25) is 4.79 Å². The number of rotatable bonds is 3. The Morgan fingerprint density at radius 1 is 1.90 bits per heavy atom. The quantitative estimate of drug-likeness (QED) is 0.635. The van der Waals surface area contributed by atoms with Crippen LogP contribution in [0.15, 0.2) is 0 Å². The molecule has 58 valence electrons. The predicted octanol–water partition coefficient (Wildman–Crippen LogP) is 0.744. The largest absolute Gasteiger partial charge is 0.481 e. The Balaban J connectivity index is 2.40. The third-order valence-electron chi connectivity index (χ3n) is 2.12. The lowest BCUT2D eigenvalue weighted by molar-refractivity contribution is -0.139. The molecule has 0 aromatic heterocycles. The molecule has 1 aliphatic rings. The van der Waals surface area contributed by atoms with Gasteiger partial charge in [0.05, 0.1) is 12.5 Å². The molecule has 1 N–H and O–H groups in total. The highest BCUT2D eigenvalue weighted by Gasteiger charge is 2.54. The van der Waals surface area contributed by atoms with Crippen LogP contribution in [0.1, 0.15) is 13.3 Å². The lowest BCUT2D eigenvalue weighted by atomic mass is 10.1. The van der Waals surface area contributed by atoms with E-state index in [9.17, 15) is 4.79 Å². The summed E-state index contributed by atoms with van der Waals surface area (Å²) in [5.41, 5.74) is -0.0828. The van der Waals surface area contributed by atoms with Crippen LogP contribution in [0.4, 0.5) is 0 Å². The molecular formula is C7H12O3. The Labute approximate surface area is 60.0 Å². The average molecular weight is 144 g/mol. The van der Waals surface area contributed by atoms with Crippen LogP contribution in [0.25, 0.3) is 0 Å². The third-order valence-corrected chi connectivity index (χ3v) is 2.12. The van der Waals surface area contributed by atoms with E-state index < -0.39 is 5.97 Å². The first-order chi connectivity index (χ1) is 4.60. The van der Waals surface area contributed by atoms with E-state index in [2.05, 4.69) is 0 Å². The van der Waals surface area contributed by atoms with E-state index in [0.29, 0.717) is 6.61 Å². The van der Waals surface area contributed by atoms with Crippen LogP contribution in [-0.2, 0) is 9.53 Å². The molecule has 0 heterocycles. The van der Waals surface area contributed by atoms with Crippen LogP contribution in [0.5, 0.6) is 0 Å². The van der Waals surface area contributed by atoms with E-state index in [1.807, 2.05) is 6.92 Å². The number of carboxylic acids is 1. The smallest absolute Gasteiger partial charge is 0.307 e. The van der Waals surface area contributed by atoms with Gasteiger partial charge in [0.2, 0.25) is 0 Å². The lowest BCUT2D eigenvalue weighted by Crippen LogP contribution is -2.12. The first-order valence-electron chi connectivity index (χ1n) is 3.32. The maximum atomic E-state index is 10.4. The Bertz CT molecular complexity index is 155. The molecule has 3 heteroatoms. The molecule has 0 spiro atoms. The van der Waals surface area contributed by atoms with Crippen molar-refractivity contribution in [3.05, 3.63) is 0 Å². The van der Waals surface area contributed by atoms with Crippen LogP contribution < -0.4 is 0 Å². The van der Waals surface area contributed by atoms with Gasteiger partial charge in [0, 0.05) is 12.5 Å². The van der Waals surface area contributed by atoms with Crippen molar-refractivity contribution in [1.82, 2.24) is 0 Å². The highest BCUT2D eigenvalue weighted by Crippen LogP contribution is 2.52. The van der Waals surface area contributed by atoms with Gasteiger partial charge in [0.15, 0.2) is 0 Å². The van der Waals surface area contributed by atoms with E-state index in [4.69, 9.17) is 9.84 Å². The average Bonchev–Trinajstić information content (AvgIpc) is 2.43. The molecule has 0 unspecified atom stereocenters. The number of carboxylic acid groups (broad SMARTS) is 1. The van der Waals surface area contributed by atoms with Crippen molar-refractivity contribution in [1.29, 1.82) is 0 Å². The van der Waals surface area contributed by atoms with E-state index >= 15 is 0 Å². The minimum absolute atomic E-state index is 0.0828. The molecule has 1 rings (SSSR count). The number of ether oxygens (including phenoxy) is 1. The monoisotopic (exact) mass is 144 g/mol. The topological polar surface area (TPSA) is 46.5 Å². The molecule has 0 saturated heterocycles. The lowest BCUT2D eigenvalue weighted by Gasteiger charge is -2.05. The third kappa shape index (κ3) is 1.14. The fourth-order valence-corrected chi connectivity index (χ4v) is 1.28. The number of aliphatic carboxylic acids is 1. The number of methoxy groups -OCH3 is 1. The van der Waals surface area contributed by atoms with E-state index in [1.165, 1.54) is 0 Å². The van der Waals surface area contributed by atoms with Crippen molar-refractivity contribution in [2.75, 3.05) is 13.7 Å². The van der Waals surface area contributed by atoms with Crippen LogP contribution >= 0.6 is 0 Å². The highest BCUT2D eigenvalue weighted by atomic mass is 16.5. The van der Waals surface area contributed by atoms with Gasteiger partial charge in [-0.25, -0.2) is 0 Å². The summed E-state index contributed by atoms with van der Waals surface area (Å²) in [6.45, 7) is 2.50. The molecule has 1 aliphatic carbocycles. The van der Waals surface area contributed by atoms with Crippen LogP contribution in [0, 0.1) is 11.3 Å². The second kappa shape index (κ2) is 2.23. The summed E-state index contributed by atoms with van der Waals surface area (Å²) in [4.78, 5) is 10.4. The summed E-state index contributed by atoms with van der Waals surface area (Å²) in [6.07, 6.45) is 0.760. The second-order valence-corrected chi connectivity index (χ2v) is 3.18. The minimum atomic E-state index is -0.695. The number of hydrogen-bond acceptors (Lipinski definition) is 2. The second-order valence-electron chi connectivity index (χ2n) is 3.18. The van der Waals surface area contributed by atoms with Crippen molar-refractivity contribution >= 4 is 5.97 Å². The summed E-state index contributed by atoms with van der Waals surface area (Å²) >= 11 is 0. The van der Waals surface area contributed by atoms with E-state index in [0.717, 1.165) is 6.42 Å². The van der Waals surface area contributed by atoms with Crippen LogP contribution in [-0.4, -0.2) is 24.8 Å². The zero-order valence-electron chi connectivity index (χ0n) is 6.26. The zero-order chi connectivity index (χ0) is 7.78. The Morgan fingerprint density at radius 2 is 2.50 bits per heavy atom. The predicted molar refractivity (Wildman–Crippen MR) is 35.7 cm³/mol. The number of hydrogen-bond donors (Lipinski definition) is 1. The van der Waals surface area contributed by atoms with Gasteiger partial charge >= 0.3 is 5.97 Å². The van der Waals surface area contributed by atoms with Crippen molar-refractivity contribution in [3.8, 4) is 0 Å². The molecule has 1 saturated carbocycles. The first kappa shape index (κ1) is 7.54. The summed E-state index contributed by atoms with van der Waals surface area (Å²) in [7, 11) is 1.60. The molecule has 0 aliphatic heterocycles. The number of carbonyl (C=O) groups is 1. The molecular weight excluding hydrogens is 132 g/mol. The van der Waals surface area contributed by atoms with Gasteiger partial charge in [-0.2, -0.15) is 0 Å². The molecule has 0 aromatic rings. The van der Waals surface area contributed by atoms with Crippen LogP contribution in [0.3, 0.4) is 0 Å². The fourth-order valence-electron chi connectivity index (χ4n) is 1.28. The molecule has 0 bridgehead atoms. The normalized spacial score (nSPS) is 37.6. The van der Waals surface area contributed by atoms with Crippen molar-refractivity contribution in [2.45, 2.75) is 13.3 Å². The van der Waals surface area contributed by atoms with E-state index in [1.54, 1.807) is 7.11 Å². The molecule has 0 aromatic carbocycles. The highest BCUT2D eigenvalue weighted by molar-refractivity contribution is 5.74. The Hall–Kier alpha value is -0.570. The van der Waals surface area contributed by atoms with E-state index in [-0.39, 0.29) is 11.3 Å². The maximum Gasteiger partial charge on any atom is 0.307 e. The fraction of sp³-hybridized carbons (Fsp3) is 0.857. The van der Waals surface area contributed by atoms with Crippen molar-refractivity contribution < 1.29 is 14.6 Å². The maximum absolute atomic E-state index is 10.4. The standard InChI is InChI=1S/C7H12O3/c1-7(4-10-2)3-5(7)6(8)9/h5H,3-4H2,1-2H3,(H,8,9)/t5-,7-/m1/s1. The molecule has 0 radical (unpaired) electrons. The van der Waals surface area contributed by atoms with Crippen molar-refractivity contribution in [3.63, 3.8) is 0 Å². The molecule has 2 atom stereocenters. The van der Waals surface area contributed by atoms with Gasteiger partial charge < -0.3 is 9.84 Å². The van der Waals surface area contributed by atoms with Crippen LogP contribution in [0.2, 0.25) is 0 Å². The van der Waals surface area contributed by atoms with Gasteiger partial charge in [-0.1, -0.05) is 6.92 Å². The summed E-state index contributed by atoms with van der Waals surface area (Å²) < 4.78 is 4.89. The summed E-state index contributed by atoms with van der Waals surface area (Å²) in [5.74, 6) is -0.869. The molecule has 1 fully saturated rings. The SMILES string of the molecule is COC[C@@]1(C)C[C@@H]1C(=O)O. The van der Waals surface area contributed by atoms with Crippen molar-refractivity contribution in [2.24, 2.45) is 11.3 Å². The molecule has 10 heavy (non-hydrogen) atoms. The molecule has 3 nitrogen and oxygen atoms in total. The summed E-state index contributed by atoms with van der Waals surface area (Å²) in [6, 6.07) is 0. The minimum Gasteiger partial charge on any atom is -0.481 e.